The molecule has 5 rings (SSSR count). The summed E-state index contributed by atoms with van der Waals surface area (Å²) >= 11 is 1.73. The monoisotopic (exact) mass is 360 g/mol. The van der Waals surface area contributed by atoms with E-state index < -0.39 is 0 Å². The number of nitrogens with zero attached hydrogens (tertiary/aromatic N) is 4. The highest BCUT2D eigenvalue weighted by Gasteiger charge is 2.38. The average molecular weight is 360 g/mol. The zero-order valence-corrected chi connectivity index (χ0v) is 15.3. The SMILES string of the molecule is c1ccc(Sc2ncnc3c2CN2CCCC2N3c2ccccc2)cc1. The van der Waals surface area contributed by atoms with Gasteiger partial charge >= 0.3 is 0 Å². The van der Waals surface area contributed by atoms with Crippen LogP contribution in [-0.2, 0) is 6.54 Å². The zero-order chi connectivity index (χ0) is 17.3. The van der Waals surface area contributed by atoms with Crippen molar-refractivity contribution in [3.05, 3.63) is 72.6 Å². The molecular formula is C21H20N4S. The van der Waals surface area contributed by atoms with Crippen molar-refractivity contribution in [2.24, 2.45) is 0 Å². The normalized spacial score (nSPS) is 19.2. The quantitative estimate of drug-likeness (QED) is 0.632. The van der Waals surface area contributed by atoms with Crippen molar-refractivity contribution in [2.75, 3.05) is 11.4 Å². The predicted octanol–water partition coefficient (Wildman–Crippen LogP) is 4.70. The van der Waals surface area contributed by atoms with Crippen LogP contribution in [0.4, 0.5) is 11.5 Å². The molecule has 3 heterocycles. The number of fused-ring (bicyclic) bond motifs is 2. The number of hydrogen-bond donors (Lipinski definition) is 0. The molecule has 2 aliphatic heterocycles. The van der Waals surface area contributed by atoms with Crippen LogP contribution in [0.5, 0.6) is 0 Å². The highest BCUT2D eigenvalue weighted by molar-refractivity contribution is 7.99. The van der Waals surface area contributed by atoms with Crippen LogP contribution >= 0.6 is 11.8 Å². The Hall–Kier alpha value is -2.37. The van der Waals surface area contributed by atoms with Crippen LogP contribution in [0.3, 0.4) is 0 Å². The van der Waals surface area contributed by atoms with Gasteiger partial charge < -0.3 is 4.90 Å². The smallest absolute Gasteiger partial charge is 0.143 e. The third-order valence-electron chi connectivity index (χ3n) is 5.09. The second-order valence-electron chi connectivity index (χ2n) is 6.69. The molecule has 5 heteroatoms. The number of anilines is 2. The van der Waals surface area contributed by atoms with Gasteiger partial charge in [0.1, 0.15) is 17.2 Å². The molecule has 4 nitrogen and oxygen atoms in total. The van der Waals surface area contributed by atoms with Crippen molar-refractivity contribution in [3.63, 3.8) is 0 Å². The molecule has 0 radical (unpaired) electrons. The van der Waals surface area contributed by atoms with Crippen molar-refractivity contribution in [1.82, 2.24) is 14.9 Å². The van der Waals surface area contributed by atoms with Gasteiger partial charge in [-0.15, -0.1) is 0 Å². The van der Waals surface area contributed by atoms with Gasteiger partial charge in [-0.3, -0.25) is 4.90 Å². The van der Waals surface area contributed by atoms with Crippen molar-refractivity contribution >= 4 is 23.3 Å². The Morgan fingerprint density at radius 1 is 0.923 bits per heavy atom. The molecule has 0 spiro atoms. The Balaban J connectivity index is 1.60. The molecule has 0 amide bonds. The Bertz CT molecular complexity index is 900. The Morgan fingerprint density at radius 3 is 2.50 bits per heavy atom. The summed E-state index contributed by atoms with van der Waals surface area (Å²) in [5.74, 6) is 1.06. The van der Waals surface area contributed by atoms with Crippen molar-refractivity contribution in [1.29, 1.82) is 0 Å². The van der Waals surface area contributed by atoms with Crippen molar-refractivity contribution in [2.45, 2.75) is 35.5 Å². The van der Waals surface area contributed by atoms with E-state index in [2.05, 4.69) is 69.4 Å². The number of hydrogen-bond acceptors (Lipinski definition) is 5. The van der Waals surface area contributed by atoms with E-state index in [1.807, 2.05) is 6.07 Å². The summed E-state index contributed by atoms with van der Waals surface area (Å²) in [4.78, 5) is 15.5. The van der Waals surface area contributed by atoms with Gasteiger partial charge in [0.15, 0.2) is 0 Å². The van der Waals surface area contributed by atoms with E-state index >= 15 is 0 Å². The molecule has 1 fully saturated rings. The highest BCUT2D eigenvalue weighted by Crippen LogP contribution is 2.43. The second kappa shape index (κ2) is 6.74. The molecule has 0 bridgehead atoms. The molecule has 130 valence electrons. The van der Waals surface area contributed by atoms with Crippen LogP contribution in [0.2, 0.25) is 0 Å². The lowest BCUT2D eigenvalue weighted by Crippen LogP contribution is -2.46. The van der Waals surface area contributed by atoms with Crippen LogP contribution in [0.15, 0.2) is 76.9 Å². The summed E-state index contributed by atoms with van der Waals surface area (Å²) in [7, 11) is 0. The molecule has 0 aliphatic carbocycles. The van der Waals surface area contributed by atoms with Gasteiger partial charge in [-0.25, -0.2) is 9.97 Å². The molecule has 0 saturated carbocycles. The van der Waals surface area contributed by atoms with Gasteiger partial charge in [-0.2, -0.15) is 0 Å². The molecule has 1 unspecified atom stereocenters. The lowest BCUT2D eigenvalue weighted by Gasteiger charge is -2.41. The molecular weight excluding hydrogens is 340 g/mol. The van der Waals surface area contributed by atoms with Gasteiger partial charge in [0, 0.05) is 29.2 Å². The number of para-hydroxylation sites is 1. The third-order valence-corrected chi connectivity index (χ3v) is 6.14. The van der Waals surface area contributed by atoms with E-state index in [-0.39, 0.29) is 0 Å². The van der Waals surface area contributed by atoms with E-state index in [0.717, 1.165) is 23.9 Å². The number of benzene rings is 2. The number of aromatic nitrogens is 2. The highest BCUT2D eigenvalue weighted by atomic mass is 32.2. The maximum Gasteiger partial charge on any atom is 0.143 e. The Morgan fingerprint density at radius 2 is 1.69 bits per heavy atom. The van der Waals surface area contributed by atoms with Gasteiger partial charge in [0.2, 0.25) is 0 Å². The molecule has 3 aromatic rings. The summed E-state index contributed by atoms with van der Waals surface area (Å²) in [6.45, 7) is 2.07. The zero-order valence-electron chi connectivity index (χ0n) is 14.5. The summed E-state index contributed by atoms with van der Waals surface area (Å²) in [6.07, 6.45) is 4.52. The summed E-state index contributed by atoms with van der Waals surface area (Å²) in [5.41, 5.74) is 2.45. The molecule has 26 heavy (non-hydrogen) atoms. The molecule has 1 saturated heterocycles. The third kappa shape index (κ3) is 2.77. The Labute approximate surface area is 157 Å². The van der Waals surface area contributed by atoms with Gasteiger partial charge in [-0.05, 0) is 37.1 Å². The first kappa shape index (κ1) is 15.9. The Kier molecular flexibility index (Phi) is 4.11. The number of rotatable bonds is 3. The van der Waals surface area contributed by atoms with Gasteiger partial charge in [0.05, 0.1) is 6.17 Å². The first-order valence-corrected chi connectivity index (χ1v) is 9.87. The minimum atomic E-state index is 0.398. The fraction of sp³-hybridized carbons (Fsp3) is 0.238. The van der Waals surface area contributed by atoms with E-state index in [9.17, 15) is 0 Å². The maximum absolute atomic E-state index is 4.71. The topological polar surface area (TPSA) is 32.3 Å². The first-order valence-electron chi connectivity index (χ1n) is 9.05. The van der Waals surface area contributed by atoms with E-state index in [1.54, 1.807) is 18.1 Å². The van der Waals surface area contributed by atoms with Crippen LogP contribution in [-0.4, -0.2) is 27.6 Å². The average Bonchev–Trinajstić information content (AvgIpc) is 3.16. The lowest BCUT2D eigenvalue weighted by atomic mass is 10.1. The van der Waals surface area contributed by atoms with Crippen LogP contribution in [0, 0.1) is 0 Å². The second-order valence-corrected chi connectivity index (χ2v) is 7.76. The minimum absolute atomic E-state index is 0.398. The summed E-state index contributed by atoms with van der Waals surface area (Å²) in [5, 5.41) is 1.06. The summed E-state index contributed by atoms with van der Waals surface area (Å²) in [6, 6.07) is 21.1. The minimum Gasteiger partial charge on any atom is -0.310 e. The first-order chi connectivity index (χ1) is 12.9. The summed E-state index contributed by atoms with van der Waals surface area (Å²) < 4.78 is 0. The van der Waals surface area contributed by atoms with Crippen molar-refractivity contribution < 1.29 is 0 Å². The molecule has 1 atom stereocenters. The van der Waals surface area contributed by atoms with E-state index in [0.29, 0.717) is 6.17 Å². The fourth-order valence-corrected chi connectivity index (χ4v) is 4.83. The van der Waals surface area contributed by atoms with Crippen LogP contribution in [0.25, 0.3) is 0 Å². The molecule has 0 N–H and O–H groups in total. The predicted molar refractivity (Wildman–Crippen MR) is 105 cm³/mol. The van der Waals surface area contributed by atoms with Gasteiger partial charge in [-0.1, -0.05) is 48.2 Å². The van der Waals surface area contributed by atoms with Crippen molar-refractivity contribution in [3.8, 4) is 0 Å². The van der Waals surface area contributed by atoms with Crippen LogP contribution in [0.1, 0.15) is 18.4 Å². The standard InChI is InChI=1S/C21H20N4S/c1-3-8-16(9-4-1)25-19-12-7-13-24(19)14-18-20(25)22-15-23-21(18)26-17-10-5-2-6-11-17/h1-6,8-11,15,19H,7,12-14H2. The van der Waals surface area contributed by atoms with E-state index in [1.165, 1.54) is 29.0 Å². The molecule has 2 aromatic carbocycles. The maximum atomic E-state index is 4.71. The fourth-order valence-electron chi connectivity index (χ4n) is 3.93. The van der Waals surface area contributed by atoms with Crippen LogP contribution < -0.4 is 4.90 Å². The lowest BCUT2D eigenvalue weighted by molar-refractivity contribution is 0.231. The van der Waals surface area contributed by atoms with Gasteiger partial charge in [0.25, 0.3) is 0 Å². The molecule has 2 aliphatic rings. The molecule has 1 aromatic heterocycles. The largest absolute Gasteiger partial charge is 0.310 e. The van der Waals surface area contributed by atoms with E-state index in [4.69, 9.17) is 4.98 Å².